The number of aromatic nitrogens is 5. The summed E-state index contributed by atoms with van der Waals surface area (Å²) in [6.45, 7) is 6.70. The van der Waals surface area contributed by atoms with Crippen LogP contribution in [0.15, 0.2) is 58.3 Å². The number of carbonyl (C=O) groups is 1. The van der Waals surface area contributed by atoms with Gasteiger partial charge in [-0.05, 0) is 85.2 Å². The molecule has 0 aliphatic carbocycles. The molecule has 12 heteroatoms. The number of nitrogens with zero attached hydrogens (tertiary/aromatic N) is 6. The monoisotopic (exact) mass is 476 g/mol. The van der Waals surface area contributed by atoms with Crippen molar-refractivity contribution < 1.29 is 18.9 Å². The van der Waals surface area contributed by atoms with Crippen LogP contribution in [-0.2, 0) is 0 Å². The molecule has 0 saturated heterocycles. The maximum atomic E-state index is 13.1. The van der Waals surface area contributed by atoms with Gasteiger partial charge in [0.25, 0.3) is 5.91 Å². The van der Waals surface area contributed by atoms with Crippen LogP contribution in [0.4, 0.5) is 5.82 Å². The van der Waals surface area contributed by atoms with Crippen molar-refractivity contribution in [2.45, 2.75) is 20.8 Å². The number of amides is 1. The molecular weight excluding hydrogens is 452 g/mol. The van der Waals surface area contributed by atoms with Crippen LogP contribution in [0.1, 0.15) is 36.8 Å². The van der Waals surface area contributed by atoms with Crippen LogP contribution < -0.4 is 20.6 Å². The van der Waals surface area contributed by atoms with E-state index < -0.39 is 5.91 Å². The molecule has 2 aromatic carbocycles. The normalized spacial score (nSPS) is 11.3. The average Bonchev–Trinajstić information content (AvgIpc) is 3.49. The number of nitrogens with one attached hydrogen (secondary N) is 1. The van der Waals surface area contributed by atoms with E-state index in [-0.39, 0.29) is 17.3 Å². The summed E-state index contributed by atoms with van der Waals surface area (Å²) in [7, 11) is 0. The van der Waals surface area contributed by atoms with E-state index >= 15 is 0 Å². The summed E-state index contributed by atoms with van der Waals surface area (Å²) in [6.07, 6.45) is 0. The van der Waals surface area contributed by atoms with Crippen molar-refractivity contribution >= 4 is 17.4 Å². The fourth-order valence-corrected chi connectivity index (χ4v) is 3.27. The molecule has 3 N–H and O–H groups in total. The summed E-state index contributed by atoms with van der Waals surface area (Å²) in [6, 6.07) is 14.5. The summed E-state index contributed by atoms with van der Waals surface area (Å²) in [4.78, 5) is 13.1. The van der Waals surface area contributed by atoms with E-state index in [0.29, 0.717) is 35.9 Å². The Hall–Kier alpha value is -4.74. The molecule has 0 aliphatic rings. The number of hydrogen-bond acceptors (Lipinski definition) is 10. The lowest BCUT2D eigenvalue weighted by molar-refractivity contribution is 0.0950. The van der Waals surface area contributed by atoms with Gasteiger partial charge in [0.1, 0.15) is 17.2 Å². The molecule has 0 spiro atoms. The van der Waals surface area contributed by atoms with E-state index in [1.165, 1.54) is 4.68 Å². The quantitative estimate of drug-likeness (QED) is 0.274. The summed E-state index contributed by atoms with van der Waals surface area (Å²) in [5, 5.41) is 19.7. The second kappa shape index (κ2) is 10.5. The zero-order valence-corrected chi connectivity index (χ0v) is 19.4. The average molecular weight is 476 g/mol. The minimum Gasteiger partial charge on any atom is -0.494 e. The third-order valence-corrected chi connectivity index (χ3v) is 4.93. The number of carbonyl (C=O) groups excluding carboxylic acids is 1. The molecule has 0 fully saturated rings. The molecule has 4 rings (SSSR count). The van der Waals surface area contributed by atoms with E-state index in [1.807, 2.05) is 38.1 Å². The predicted molar refractivity (Wildman–Crippen MR) is 128 cm³/mol. The van der Waals surface area contributed by atoms with Crippen molar-refractivity contribution in [2.75, 3.05) is 18.9 Å². The highest BCUT2D eigenvalue weighted by Crippen LogP contribution is 2.28. The van der Waals surface area contributed by atoms with Crippen LogP contribution in [0.25, 0.3) is 17.1 Å². The van der Waals surface area contributed by atoms with Crippen LogP contribution in [0, 0.1) is 0 Å². The fourth-order valence-electron chi connectivity index (χ4n) is 3.27. The van der Waals surface area contributed by atoms with Gasteiger partial charge in [-0.1, -0.05) is 5.21 Å². The van der Waals surface area contributed by atoms with Gasteiger partial charge in [0.05, 0.1) is 18.9 Å². The lowest BCUT2D eigenvalue weighted by atomic mass is 10.1. The van der Waals surface area contributed by atoms with Gasteiger partial charge >= 0.3 is 0 Å². The molecule has 35 heavy (non-hydrogen) atoms. The van der Waals surface area contributed by atoms with Gasteiger partial charge in [-0.2, -0.15) is 9.78 Å². The van der Waals surface area contributed by atoms with Crippen LogP contribution >= 0.6 is 0 Å². The largest absolute Gasteiger partial charge is 0.494 e. The highest BCUT2D eigenvalue weighted by molar-refractivity contribution is 6.02. The van der Waals surface area contributed by atoms with Crippen molar-refractivity contribution in [3.8, 4) is 28.6 Å². The highest BCUT2D eigenvalue weighted by Gasteiger charge is 2.25. The molecule has 180 valence electrons. The van der Waals surface area contributed by atoms with Gasteiger partial charge in [0.2, 0.25) is 11.6 Å². The smallest absolute Gasteiger partial charge is 0.294 e. The second-order valence-electron chi connectivity index (χ2n) is 7.22. The first kappa shape index (κ1) is 23.4. The zero-order valence-electron chi connectivity index (χ0n) is 19.4. The SMILES string of the molecule is CCOc1ccc(C(C)=NNC(=O)c2nnn(-c3nonc3N)c2-c2ccc(OCC)cc2)cc1. The van der Waals surface area contributed by atoms with Crippen molar-refractivity contribution in [1.82, 2.24) is 30.7 Å². The zero-order chi connectivity index (χ0) is 24.8. The Kier molecular flexibility index (Phi) is 7.00. The third kappa shape index (κ3) is 5.11. The Balaban J connectivity index is 1.64. The molecule has 0 bridgehead atoms. The topological polar surface area (TPSA) is 156 Å². The van der Waals surface area contributed by atoms with Crippen LogP contribution in [0.5, 0.6) is 11.5 Å². The number of benzene rings is 2. The van der Waals surface area contributed by atoms with Crippen LogP contribution in [-0.4, -0.2) is 50.1 Å². The van der Waals surface area contributed by atoms with E-state index in [2.05, 4.69) is 31.2 Å². The van der Waals surface area contributed by atoms with Gasteiger partial charge in [-0.15, -0.1) is 5.10 Å². The van der Waals surface area contributed by atoms with Crippen molar-refractivity contribution in [1.29, 1.82) is 0 Å². The summed E-state index contributed by atoms with van der Waals surface area (Å²) < 4.78 is 16.9. The fraction of sp³-hybridized carbons (Fsp3) is 0.217. The Morgan fingerprint density at radius 3 is 2.23 bits per heavy atom. The van der Waals surface area contributed by atoms with E-state index in [4.69, 9.17) is 19.8 Å². The summed E-state index contributed by atoms with van der Waals surface area (Å²) in [5.74, 6) is 0.971. The van der Waals surface area contributed by atoms with Gasteiger partial charge in [-0.25, -0.2) is 10.1 Å². The van der Waals surface area contributed by atoms with Gasteiger partial charge in [0.15, 0.2) is 5.69 Å². The van der Waals surface area contributed by atoms with Crippen molar-refractivity contribution in [3.63, 3.8) is 0 Å². The maximum absolute atomic E-state index is 13.1. The lowest BCUT2D eigenvalue weighted by Gasteiger charge is -2.08. The molecule has 2 heterocycles. The third-order valence-electron chi connectivity index (χ3n) is 4.93. The summed E-state index contributed by atoms with van der Waals surface area (Å²) >= 11 is 0. The molecule has 2 aromatic heterocycles. The number of ether oxygens (including phenoxy) is 2. The number of hydrogen-bond donors (Lipinski definition) is 2. The lowest BCUT2D eigenvalue weighted by Crippen LogP contribution is -2.21. The minimum absolute atomic E-state index is 0.00147. The van der Waals surface area contributed by atoms with Gasteiger partial charge in [-0.3, -0.25) is 4.79 Å². The molecule has 12 nitrogen and oxygen atoms in total. The van der Waals surface area contributed by atoms with Crippen molar-refractivity contribution in [2.24, 2.45) is 5.10 Å². The van der Waals surface area contributed by atoms with E-state index in [1.54, 1.807) is 31.2 Å². The number of nitrogens with two attached hydrogens (primary N) is 1. The molecule has 0 atom stereocenters. The predicted octanol–water partition coefficient (Wildman–Crippen LogP) is 2.85. The Morgan fingerprint density at radius 1 is 1.03 bits per heavy atom. The number of nitrogen functional groups attached to an aromatic ring is 1. The molecule has 0 radical (unpaired) electrons. The Morgan fingerprint density at radius 2 is 1.66 bits per heavy atom. The second-order valence-corrected chi connectivity index (χ2v) is 7.22. The molecule has 4 aromatic rings. The van der Waals surface area contributed by atoms with Gasteiger partial charge < -0.3 is 15.2 Å². The highest BCUT2D eigenvalue weighted by atomic mass is 16.6. The summed E-state index contributed by atoms with van der Waals surface area (Å²) in [5.41, 5.74) is 10.8. The van der Waals surface area contributed by atoms with E-state index in [0.717, 1.165) is 11.3 Å². The molecule has 0 saturated carbocycles. The Labute approximate surface area is 200 Å². The van der Waals surface area contributed by atoms with E-state index in [9.17, 15) is 4.79 Å². The minimum atomic E-state index is -0.569. The standard InChI is InChI=1S/C23H24N8O4/c1-4-33-17-10-6-15(7-11-17)14(3)25-27-23(32)19-20(16-8-12-18(13-9-16)34-5-2)31(30-26-19)22-21(24)28-35-29-22/h6-13H,4-5H2,1-3H3,(H2,24,28)(H,27,32). The Bertz CT molecular complexity index is 1330. The first-order chi connectivity index (χ1) is 17.0. The van der Waals surface area contributed by atoms with Crippen LogP contribution in [0.2, 0.25) is 0 Å². The number of rotatable bonds is 9. The first-order valence-corrected chi connectivity index (χ1v) is 10.9. The maximum Gasteiger partial charge on any atom is 0.294 e. The molecule has 1 amide bonds. The molecule has 0 aliphatic heterocycles. The number of anilines is 1. The molecule has 0 unspecified atom stereocenters. The van der Waals surface area contributed by atoms with Gasteiger partial charge in [0, 0.05) is 5.56 Å². The number of hydrazone groups is 1. The molecular formula is C23H24N8O4. The first-order valence-electron chi connectivity index (χ1n) is 10.9. The van der Waals surface area contributed by atoms with Crippen molar-refractivity contribution in [3.05, 3.63) is 59.8 Å². The van der Waals surface area contributed by atoms with Crippen LogP contribution in [0.3, 0.4) is 0 Å².